The van der Waals surface area contributed by atoms with Crippen molar-refractivity contribution in [1.29, 1.82) is 0 Å². The highest BCUT2D eigenvalue weighted by Crippen LogP contribution is 2.45. The zero-order valence-corrected chi connectivity index (χ0v) is 20.6. The van der Waals surface area contributed by atoms with Gasteiger partial charge in [-0.3, -0.25) is 0 Å². The van der Waals surface area contributed by atoms with Gasteiger partial charge in [0, 0.05) is 20.5 Å². The number of aryl methyl sites for hydroxylation is 2. The number of hydrogen-bond donors (Lipinski definition) is 0. The van der Waals surface area contributed by atoms with Gasteiger partial charge in [-0.1, -0.05) is 32.9 Å². The molecule has 0 aliphatic heterocycles. The number of fused-ring (bicyclic) bond motifs is 6. The predicted octanol–water partition coefficient (Wildman–Crippen LogP) is 8.86. The van der Waals surface area contributed by atoms with Gasteiger partial charge in [-0.2, -0.15) is 0 Å². The molecule has 0 atom stereocenters. The van der Waals surface area contributed by atoms with Gasteiger partial charge in [0.05, 0.1) is 25.3 Å². The normalized spacial score (nSPS) is 12.7. The molecule has 0 unspecified atom stereocenters. The van der Waals surface area contributed by atoms with Crippen LogP contribution in [0.25, 0.3) is 51.7 Å². The van der Waals surface area contributed by atoms with Crippen LogP contribution < -0.4 is 0 Å². The molecule has 2 aromatic carbocycles. The van der Waals surface area contributed by atoms with Crippen LogP contribution in [0.15, 0.2) is 42.0 Å². The van der Waals surface area contributed by atoms with E-state index in [2.05, 4.69) is 70.3 Å². The van der Waals surface area contributed by atoms with Gasteiger partial charge in [0.2, 0.25) is 0 Å². The number of rotatable bonds is 1. The van der Waals surface area contributed by atoms with E-state index < -0.39 is 0 Å². The fourth-order valence-corrected chi connectivity index (χ4v) is 8.08. The predicted molar refractivity (Wildman–Crippen MR) is 139 cm³/mol. The lowest BCUT2D eigenvalue weighted by atomic mass is 9.85. The van der Waals surface area contributed by atoms with E-state index in [4.69, 9.17) is 9.97 Å². The summed E-state index contributed by atoms with van der Waals surface area (Å²) in [5, 5.41) is 6.10. The van der Waals surface area contributed by atoms with Crippen LogP contribution in [0.2, 0.25) is 0 Å². The first-order valence-corrected chi connectivity index (χ1v) is 12.9. The van der Waals surface area contributed by atoms with Crippen molar-refractivity contribution in [2.24, 2.45) is 0 Å². The standard InChI is InChI=1S/C26H22N2S3/c1-13-14(2)30-23-17(13)6-7-18-21-25(31-24(18)23)20(27-12-28-21)16-10-15-8-9-29-22(15)19(11-16)26(3,4)5/h6-12H,1-5H3. The van der Waals surface area contributed by atoms with E-state index in [0.29, 0.717) is 0 Å². The molecule has 0 saturated heterocycles. The minimum atomic E-state index is 0.0730. The molecule has 4 aromatic heterocycles. The number of benzene rings is 2. The summed E-state index contributed by atoms with van der Waals surface area (Å²) in [5.74, 6) is 0. The molecule has 0 spiro atoms. The van der Waals surface area contributed by atoms with Crippen LogP contribution in [-0.4, -0.2) is 9.97 Å². The molecule has 6 aromatic rings. The Morgan fingerprint density at radius 1 is 0.806 bits per heavy atom. The number of hydrogen-bond acceptors (Lipinski definition) is 5. The van der Waals surface area contributed by atoms with Crippen LogP contribution in [0.4, 0.5) is 0 Å². The van der Waals surface area contributed by atoms with Crippen molar-refractivity contribution < 1.29 is 0 Å². The van der Waals surface area contributed by atoms with Crippen molar-refractivity contribution in [3.8, 4) is 11.3 Å². The zero-order chi connectivity index (χ0) is 21.5. The van der Waals surface area contributed by atoms with Gasteiger partial charge >= 0.3 is 0 Å². The average Bonchev–Trinajstić information content (AvgIpc) is 3.42. The van der Waals surface area contributed by atoms with Crippen molar-refractivity contribution in [2.75, 3.05) is 0 Å². The van der Waals surface area contributed by atoms with E-state index in [-0.39, 0.29) is 5.41 Å². The summed E-state index contributed by atoms with van der Waals surface area (Å²) in [5.41, 5.74) is 6.15. The van der Waals surface area contributed by atoms with Crippen LogP contribution in [-0.2, 0) is 5.41 Å². The first-order valence-electron chi connectivity index (χ1n) is 10.4. The number of thiophene rings is 3. The monoisotopic (exact) mass is 458 g/mol. The molecule has 0 aliphatic carbocycles. The van der Waals surface area contributed by atoms with Gasteiger partial charge in [-0.15, -0.1) is 34.0 Å². The maximum atomic E-state index is 4.80. The van der Waals surface area contributed by atoms with E-state index in [1.165, 1.54) is 56.5 Å². The second-order valence-corrected chi connectivity index (χ2v) is 12.4. The second-order valence-electron chi connectivity index (χ2n) is 9.22. The molecule has 4 heterocycles. The Hall–Kier alpha value is -2.34. The van der Waals surface area contributed by atoms with Crippen molar-refractivity contribution >= 4 is 74.5 Å². The largest absolute Gasteiger partial charge is 0.235 e. The van der Waals surface area contributed by atoms with Gasteiger partial charge < -0.3 is 0 Å². The minimum Gasteiger partial charge on any atom is -0.235 e. The van der Waals surface area contributed by atoms with Crippen molar-refractivity contribution in [3.05, 3.63) is 58.0 Å². The Morgan fingerprint density at radius 3 is 2.39 bits per heavy atom. The van der Waals surface area contributed by atoms with Gasteiger partial charge in [0.15, 0.2) is 0 Å². The molecule has 0 fully saturated rings. The first kappa shape index (κ1) is 19.4. The highest BCUT2D eigenvalue weighted by atomic mass is 32.1. The Labute approximate surface area is 193 Å². The molecule has 0 N–H and O–H groups in total. The average molecular weight is 459 g/mol. The lowest BCUT2D eigenvalue weighted by molar-refractivity contribution is 0.597. The minimum absolute atomic E-state index is 0.0730. The summed E-state index contributed by atoms with van der Waals surface area (Å²) in [6.45, 7) is 11.3. The third-order valence-corrected chi connectivity index (χ3v) is 9.75. The van der Waals surface area contributed by atoms with E-state index in [9.17, 15) is 0 Å². The molecule has 0 saturated carbocycles. The van der Waals surface area contributed by atoms with Gasteiger partial charge in [0.25, 0.3) is 0 Å². The van der Waals surface area contributed by atoms with E-state index in [1.807, 2.05) is 34.0 Å². The maximum absolute atomic E-state index is 4.80. The van der Waals surface area contributed by atoms with Crippen LogP contribution in [0.3, 0.4) is 0 Å². The van der Waals surface area contributed by atoms with Crippen molar-refractivity contribution in [3.63, 3.8) is 0 Å². The van der Waals surface area contributed by atoms with E-state index >= 15 is 0 Å². The molecule has 0 amide bonds. The SMILES string of the molecule is Cc1sc2c(ccc3c4ncnc(-c5cc(C(C)(C)C)c6sccc6c5)c4sc32)c1C. The van der Waals surface area contributed by atoms with Gasteiger partial charge in [-0.25, -0.2) is 9.97 Å². The van der Waals surface area contributed by atoms with E-state index in [0.717, 1.165) is 11.2 Å². The molecule has 0 radical (unpaired) electrons. The quantitative estimate of drug-likeness (QED) is 0.246. The summed E-state index contributed by atoms with van der Waals surface area (Å²) in [6, 6.07) is 11.4. The fraction of sp³-hybridized carbons (Fsp3) is 0.231. The summed E-state index contributed by atoms with van der Waals surface area (Å²) in [4.78, 5) is 10.9. The molecular weight excluding hydrogens is 437 g/mol. The Morgan fingerprint density at radius 2 is 1.58 bits per heavy atom. The van der Waals surface area contributed by atoms with Gasteiger partial charge in [-0.05, 0) is 64.7 Å². The molecule has 0 aliphatic rings. The number of nitrogens with zero attached hydrogens (tertiary/aromatic N) is 2. The van der Waals surface area contributed by atoms with Crippen molar-refractivity contribution in [2.45, 2.75) is 40.0 Å². The zero-order valence-electron chi connectivity index (χ0n) is 18.2. The van der Waals surface area contributed by atoms with Gasteiger partial charge in [0.1, 0.15) is 6.33 Å². The lowest BCUT2D eigenvalue weighted by Crippen LogP contribution is -2.11. The second kappa shape index (κ2) is 6.58. The van der Waals surface area contributed by atoms with Crippen LogP contribution >= 0.6 is 34.0 Å². The lowest BCUT2D eigenvalue weighted by Gasteiger charge is -2.21. The van der Waals surface area contributed by atoms with Crippen molar-refractivity contribution in [1.82, 2.24) is 9.97 Å². The molecule has 0 bridgehead atoms. The van der Waals surface area contributed by atoms with E-state index in [1.54, 1.807) is 6.33 Å². The summed E-state index contributed by atoms with van der Waals surface area (Å²) < 4.78 is 5.28. The number of aromatic nitrogens is 2. The smallest absolute Gasteiger partial charge is 0.116 e. The molecule has 5 heteroatoms. The fourth-order valence-electron chi connectivity index (χ4n) is 4.41. The highest BCUT2D eigenvalue weighted by molar-refractivity contribution is 7.31. The Bertz CT molecular complexity index is 1640. The summed E-state index contributed by atoms with van der Waals surface area (Å²) in [6.07, 6.45) is 1.73. The topological polar surface area (TPSA) is 25.8 Å². The maximum Gasteiger partial charge on any atom is 0.116 e. The third kappa shape index (κ3) is 2.80. The Kier molecular flexibility index (Phi) is 4.11. The first-order chi connectivity index (χ1) is 14.8. The highest BCUT2D eigenvalue weighted by Gasteiger charge is 2.22. The van der Waals surface area contributed by atoms with Crippen LogP contribution in [0, 0.1) is 13.8 Å². The van der Waals surface area contributed by atoms with Crippen LogP contribution in [0.1, 0.15) is 36.8 Å². The van der Waals surface area contributed by atoms with Crippen LogP contribution in [0.5, 0.6) is 0 Å². The Balaban J connectivity index is 1.70. The molecule has 2 nitrogen and oxygen atoms in total. The molecule has 154 valence electrons. The molecule has 6 rings (SSSR count). The third-order valence-electron chi connectivity index (χ3n) is 6.20. The summed E-state index contributed by atoms with van der Waals surface area (Å²) >= 11 is 5.57. The molecule has 31 heavy (non-hydrogen) atoms. The summed E-state index contributed by atoms with van der Waals surface area (Å²) in [7, 11) is 0. The molecular formula is C26H22N2S3.